The van der Waals surface area contributed by atoms with Crippen LogP contribution >= 0.6 is 0 Å². The molecule has 1 aliphatic heterocycles. The summed E-state index contributed by atoms with van der Waals surface area (Å²) in [6.45, 7) is 2.08. The minimum atomic E-state index is 0.0209. The maximum atomic E-state index is 12.5. The topological polar surface area (TPSA) is 45.2 Å². The van der Waals surface area contributed by atoms with Crippen molar-refractivity contribution in [3.63, 3.8) is 0 Å². The number of pyridine rings is 1. The van der Waals surface area contributed by atoms with Gasteiger partial charge in [-0.05, 0) is 55.7 Å². The molecule has 0 bridgehead atoms. The summed E-state index contributed by atoms with van der Waals surface area (Å²) in [7, 11) is 0. The molecule has 2 aromatic rings. The van der Waals surface area contributed by atoms with E-state index < -0.39 is 0 Å². The van der Waals surface area contributed by atoms with Gasteiger partial charge < -0.3 is 10.2 Å². The number of nitrogens with one attached hydrogen (secondary N) is 1. The molecule has 0 atom stereocenters. The van der Waals surface area contributed by atoms with Crippen molar-refractivity contribution < 1.29 is 4.79 Å². The van der Waals surface area contributed by atoms with Gasteiger partial charge in [-0.3, -0.25) is 4.79 Å². The highest BCUT2D eigenvalue weighted by Gasteiger charge is 2.21. The summed E-state index contributed by atoms with van der Waals surface area (Å²) in [5.41, 5.74) is 2.11. The molecular formula is C24H31N3O. The Kier molecular flexibility index (Phi) is 6.25. The Labute approximate surface area is 168 Å². The van der Waals surface area contributed by atoms with Gasteiger partial charge in [-0.2, -0.15) is 0 Å². The lowest BCUT2D eigenvalue weighted by atomic mass is 9.90. The molecule has 0 spiro atoms. The number of amides is 1. The molecule has 1 aliphatic carbocycles. The van der Waals surface area contributed by atoms with E-state index in [1.165, 1.54) is 44.1 Å². The van der Waals surface area contributed by atoms with Crippen molar-refractivity contribution in [3.8, 4) is 0 Å². The molecule has 4 nitrogen and oxygen atoms in total. The van der Waals surface area contributed by atoms with E-state index >= 15 is 0 Å². The number of hydrogen-bond donors (Lipinski definition) is 1. The zero-order chi connectivity index (χ0) is 19.2. The molecule has 1 amide bonds. The van der Waals surface area contributed by atoms with Crippen LogP contribution in [0.2, 0.25) is 0 Å². The molecule has 148 valence electrons. The minimum Gasteiger partial charge on any atom is -0.357 e. The molecule has 4 heteroatoms. The van der Waals surface area contributed by atoms with Crippen LogP contribution in [0, 0.1) is 5.92 Å². The predicted molar refractivity (Wildman–Crippen MR) is 114 cm³/mol. The van der Waals surface area contributed by atoms with E-state index in [9.17, 15) is 4.79 Å². The number of carbonyl (C=O) groups is 1. The van der Waals surface area contributed by atoms with Crippen LogP contribution in [-0.4, -0.2) is 30.0 Å². The fourth-order valence-corrected chi connectivity index (χ4v) is 4.54. The Morgan fingerprint density at radius 2 is 1.71 bits per heavy atom. The Hall–Kier alpha value is -2.36. The Morgan fingerprint density at radius 3 is 2.39 bits per heavy atom. The third-order valence-corrected chi connectivity index (χ3v) is 6.26. The summed E-state index contributed by atoms with van der Waals surface area (Å²) in [5.74, 6) is 1.76. The molecule has 1 aromatic carbocycles. The Morgan fingerprint density at radius 1 is 0.964 bits per heavy atom. The Balaban J connectivity index is 1.28. The molecule has 4 rings (SSSR count). The van der Waals surface area contributed by atoms with Gasteiger partial charge in [0, 0.05) is 25.3 Å². The molecule has 2 aliphatic rings. The monoisotopic (exact) mass is 377 g/mol. The second-order valence-corrected chi connectivity index (χ2v) is 8.33. The van der Waals surface area contributed by atoms with E-state index in [2.05, 4.69) is 45.5 Å². The van der Waals surface area contributed by atoms with Crippen molar-refractivity contribution in [2.45, 2.75) is 57.4 Å². The van der Waals surface area contributed by atoms with Gasteiger partial charge in [0.2, 0.25) is 0 Å². The number of hydrogen-bond acceptors (Lipinski definition) is 3. The van der Waals surface area contributed by atoms with Crippen LogP contribution in [0.3, 0.4) is 0 Å². The molecule has 1 saturated heterocycles. The second kappa shape index (κ2) is 9.22. The number of carbonyl (C=O) groups excluding carboxylic acids is 1. The van der Waals surface area contributed by atoms with Gasteiger partial charge >= 0.3 is 0 Å². The van der Waals surface area contributed by atoms with Gasteiger partial charge in [-0.15, -0.1) is 0 Å². The lowest BCUT2D eigenvalue weighted by Crippen LogP contribution is -2.36. The van der Waals surface area contributed by atoms with E-state index in [1.807, 2.05) is 12.1 Å². The molecular weight excluding hydrogens is 346 g/mol. The van der Waals surface area contributed by atoms with Crippen LogP contribution in [0.15, 0.2) is 48.7 Å². The number of rotatable bonds is 5. The van der Waals surface area contributed by atoms with Crippen molar-refractivity contribution in [1.29, 1.82) is 0 Å². The first kappa shape index (κ1) is 19.0. The van der Waals surface area contributed by atoms with Crippen molar-refractivity contribution >= 4 is 11.7 Å². The van der Waals surface area contributed by atoms with Crippen LogP contribution in [0.5, 0.6) is 0 Å². The molecule has 1 N–H and O–H groups in total. The average molecular weight is 378 g/mol. The van der Waals surface area contributed by atoms with Crippen LogP contribution in [0.25, 0.3) is 0 Å². The zero-order valence-corrected chi connectivity index (χ0v) is 16.6. The van der Waals surface area contributed by atoms with E-state index in [4.69, 9.17) is 0 Å². The van der Waals surface area contributed by atoms with E-state index in [1.54, 1.807) is 6.20 Å². The van der Waals surface area contributed by atoms with E-state index in [-0.39, 0.29) is 5.91 Å². The molecule has 0 unspecified atom stereocenters. The normalized spacial score (nSPS) is 18.8. The van der Waals surface area contributed by atoms with Crippen LogP contribution in [0.1, 0.15) is 60.9 Å². The minimum absolute atomic E-state index is 0.0209. The molecule has 1 aromatic heterocycles. The first-order valence-corrected chi connectivity index (χ1v) is 10.8. The highest BCUT2D eigenvalue weighted by molar-refractivity contribution is 5.94. The van der Waals surface area contributed by atoms with E-state index in [0.29, 0.717) is 11.6 Å². The maximum Gasteiger partial charge on any atom is 0.253 e. The standard InChI is InChI=1S/C24H31N3O/c28-24(26-22-9-5-2-6-10-22)21-11-12-23(25-18-21)27-15-13-20(14-16-27)17-19-7-3-1-4-8-19/h1,3-4,7-8,11-12,18,20,22H,2,5-6,9-10,13-17H2,(H,26,28). The SMILES string of the molecule is O=C(NC1CCCCC1)c1ccc(N2CCC(Cc3ccccc3)CC2)nc1. The fourth-order valence-electron chi connectivity index (χ4n) is 4.54. The first-order chi connectivity index (χ1) is 13.8. The molecule has 0 radical (unpaired) electrons. The van der Waals surface area contributed by atoms with Crippen LogP contribution < -0.4 is 10.2 Å². The summed E-state index contributed by atoms with van der Waals surface area (Å²) >= 11 is 0. The maximum absolute atomic E-state index is 12.5. The van der Waals surface area contributed by atoms with Gasteiger partial charge in [0.25, 0.3) is 5.91 Å². The smallest absolute Gasteiger partial charge is 0.253 e. The van der Waals surface area contributed by atoms with Gasteiger partial charge in [0.15, 0.2) is 0 Å². The third-order valence-electron chi connectivity index (χ3n) is 6.26. The first-order valence-electron chi connectivity index (χ1n) is 10.8. The highest BCUT2D eigenvalue weighted by atomic mass is 16.1. The number of aromatic nitrogens is 1. The predicted octanol–water partition coefficient (Wildman–Crippen LogP) is 4.60. The number of benzene rings is 1. The van der Waals surface area contributed by atoms with Gasteiger partial charge in [-0.1, -0.05) is 49.6 Å². The van der Waals surface area contributed by atoms with Gasteiger partial charge in [-0.25, -0.2) is 4.98 Å². The molecule has 28 heavy (non-hydrogen) atoms. The highest BCUT2D eigenvalue weighted by Crippen LogP contribution is 2.25. The number of piperidine rings is 1. The largest absolute Gasteiger partial charge is 0.357 e. The zero-order valence-electron chi connectivity index (χ0n) is 16.6. The van der Waals surface area contributed by atoms with E-state index in [0.717, 1.165) is 37.7 Å². The second-order valence-electron chi connectivity index (χ2n) is 8.33. The third kappa shape index (κ3) is 4.92. The summed E-state index contributed by atoms with van der Waals surface area (Å²) in [4.78, 5) is 19.4. The van der Waals surface area contributed by atoms with Crippen LogP contribution in [0.4, 0.5) is 5.82 Å². The van der Waals surface area contributed by atoms with Crippen molar-refractivity contribution in [1.82, 2.24) is 10.3 Å². The lowest BCUT2D eigenvalue weighted by Gasteiger charge is -2.33. The van der Waals surface area contributed by atoms with Gasteiger partial charge in [0.1, 0.15) is 5.82 Å². The van der Waals surface area contributed by atoms with Crippen LogP contribution in [-0.2, 0) is 6.42 Å². The number of nitrogens with zero attached hydrogens (tertiary/aromatic N) is 2. The fraction of sp³-hybridized carbons (Fsp3) is 0.500. The molecule has 2 fully saturated rings. The van der Waals surface area contributed by atoms with Crippen molar-refractivity contribution in [3.05, 3.63) is 59.8 Å². The molecule has 1 saturated carbocycles. The van der Waals surface area contributed by atoms with Gasteiger partial charge in [0.05, 0.1) is 5.56 Å². The molecule has 2 heterocycles. The summed E-state index contributed by atoms with van der Waals surface area (Å²) in [6.07, 6.45) is 11.3. The summed E-state index contributed by atoms with van der Waals surface area (Å²) in [5, 5.41) is 3.17. The van der Waals surface area contributed by atoms with Crippen molar-refractivity contribution in [2.24, 2.45) is 5.92 Å². The Bertz CT molecular complexity index is 745. The van der Waals surface area contributed by atoms with Crippen molar-refractivity contribution in [2.75, 3.05) is 18.0 Å². The summed E-state index contributed by atoms with van der Waals surface area (Å²) < 4.78 is 0. The summed E-state index contributed by atoms with van der Waals surface area (Å²) in [6, 6.07) is 15.1. The number of anilines is 1. The quantitative estimate of drug-likeness (QED) is 0.828. The lowest BCUT2D eigenvalue weighted by molar-refractivity contribution is 0.0927. The average Bonchev–Trinajstić information content (AvgIpc) is 2.76.